The minimum Gasteiger partial charge on any atom is -0.391 e. The third kappa shape index (κ3) is 5.77. The second-order valence-electron chi connectivity index (χ2n) is 5.87. The first kappa shape index (κ1) is 16.5. The van der Waals surface area contributed by atoms with Crippen molar-refractivity contribution in [2.45, 2.75) is 44.6 Å². The molecule has 2 rings (SSSR count). The molecule has 1 aromatic rings. The fourth-order valence-electron chi connectivity index (χ4n) is 2.87. The van der Waals surface area contributed by atoms with Crippen LogP contribution >= 0.6 is 0 Å². The summed E-state index contributed by atoms with van der Waals surface area (Å²) in [7, 11) is -3.32. The molecule has 0 heterocycles. The molecular weight excluding hydrogens is 286 g/mol. The van der Waals surface area contributed by atoms with Crippen LogP contribution in [-0.2, 0) is 16.4 Å². The average molecular weight is 311 g/mol. The number of aryl methyl sites for hydroxylation is 1. The molecule has 0 aliphatic heterocycles. The lowest BCUT2D eigenvalue weighted by Gasteiger charge is -2.26. The van der Waals surface area contributed by atoms with E-state index in [4.69, 9.17) is 0 Å². The molecule has 1 saturated carbocycles. The minimum absolute atomic E-state index is 0.0639. The Kier molecular flexibility index (Phi) is 6.21. The van der Waals surface area contributed by atoms with Gasteiger partial charge in [0.2, 0.25) is 10.0 Å². The summed E-state index contributed by atoms with van der Waals surface area (Å²) in [5.41, 5.74) is 1.01. The third-order valence-electron chi connectivity index (χ3n) is 4.21. The molecule has 0 saturated heterocycles. The molecule has 5 heteroatoms. The highest BCUT2D eigenvalue weighted by atomic mass is 32.2. The van der Waals surface area contributed by atoms with Crippen LogP contribution in [0.5, 0.6) is 0 Å². The first-order valence-corrected chi connectivity index (χ1v) is 9.41. The first-order chi connectivity index (χ1) is 10.1. The van der Waals surface area contributed by atoms with Gasteiger partial charge < -0.3 is 5.11 Å². The second-order valence-corrected chi connectivity index (χ2v) is 7.79. The van der Waals surface area contributed by atoms with Crippen molar-refractivity contribution in [3.63, 3.8) is 0 Å². The van der Waals surface area contributed by atoms with Crippen LogP contribution in [0.1, 0.15) is 37.7 Å². The topological polar surface area (TPSA) is 66.4 Å². The van der Waals surface area contributed by atoms with Gasteiger partial charge in [-0.15, -0.1) is 0 Å². The summed E-state index contributed by atoms with van der Waals surface area (Å²) in [5.74, 6) is 0.310. The maximum absolute atomic E-state index is 12.0. The van der Waals surface area contributed by atoms with E-state index in [1.54, 1.807) is 0 Å². The second kappa shape index (κ2) is 7.92. The Morgan fingerprint density at radius 3 is 2.48 bits per heavy atom. The van der Waals surface area contributed by atoms with Crippen molar-refractivity contribution >= 4 is 10.0 Å². The maximum atomic E-state index is 12.0. The summed E-state index contributed by atoms with van der Waals surface area (Å²) >= 11 is 0. The van der Waals surface area contributed by atoms with Crippen molar-refractivity contribution in [3.05, 3.63) is 35.9 Å². The van der Waals surface area contributed by atoms with Gasteiger partial charge in [0.1, 0.15) is 0 Å². The van der Waals surface area contributed by atoms with Crippen molar-refractivity contribution < 1.29 is 13.5 Å². The third-order valence-corrected chi connectivity index (χ3v) is 5.56. The molecule has 1 aliphatic rings. The lowest BCUT2D eigenvalue weighted by Crippen LogP contribution is -2.38. The van der Waals surface area contributed by atoms with E-state index in [-0.39, 0.29) is 18.2 Å². The first-order valence-electron chi connectivity index (χ1n) is 7.76. The van der Waals surface area contributed by atoms with E-state index in [0.717, 1.165) is 31.2 Å². The highest BCUT2D eigenvalue weighted by Crippen LogP contribution is 2.26. The van der Waals surface area contributed by atoms with Crippen LogP contribution in [0.15, 0.2) is 30.3 Å². The number of aliphatic hydroxyl groups excluding tert-OH is 1. The smallest absolute Gasteiger partial charge is 0.212 e. The lowest BCUT2D eigenvalue weighted by atomic mass is 9.85. The Hall–Kier alpha value is -0.910. The minimum atomic E-state index is -3.32. The zero-order valence-electron chi connectivity index (χ0n) is 12.4. The molecule has 0 unspecified atom stereocenters. The molecule has 21 heavy (non-hydrogen) atoms. The molecule has 0 bridgehead atoms. The molecule has 118 valence electrons. The van der Waals surface area contributed by atoms with Crippen LogP contribution < -0.4 is 4.72 Å². The van der Waals surface area contributed by atoms with Crippen LogP contribution in [0.4, 0.5) is 0 Å². The van der Waals surface area contributed by atoms with Crippen molar-refractivity contribution in [2.75, 3.05) is 12.3 Å². The molecule has 2 N–H and O–H groups in total. The van der Waals surface area contributed by atoms with Gasteiger partial charge in [0.05, 0.1) is 11.9 Å². The molecule has 1 aliphatic carbocycles. The van der Waals surface area contributed by atoms with E-state index in [2.05, 4.69) is 4.72 Å². The van der Waals surface area contributed by atoms with E-state index in [0.29, 0.717) is 6.42 Å². The van der Waals surface area contributed by atoms with Crippen LogP contribution in [0.2, 0.25) is 0 Å². The van der Waals surface area contributed by atoms with E-state index in [1.807, 2.05) is 30.3 Å². The molecule has 0 radical (unpaired) electrons. The van der Waals surface area contributed by atoms with Gasteiger partial charge >= 0.3 is 0 Å². The normalized spacial score (nSPS) is 18.5. The number of nitrogens with one attached hydrogen (secondary N) is 1. The van der Waals surface area contributed by atoms with Gasteiger partial charge in [-0.05, 0) is 30.7 Å². The largest absolute Gasteiger partial charge is 0.391 e. The number of hydrogen-bond acceptors (Lipinski definition) is 3. The molecule has 0 spiro atoms. The van der Waals surface area contributed by atoms with Gasteiger partial charge in [0.15, 0.2) is 0 Å². The molecular formula is C16H25NO3S. The Morgan fingerprint density at radius 2 is 1.81 bits per heavy atom. The highest BCUT2D eigenvalue weighted by Gasteiger charge is 2.23. The van der Waals surface area contributed by atoms with Crippen molar-refractivity contribution in [2.24, 2.45) is 5.92 Å². The fourth-order valence-corrected chi connectivity index (χ4v) is 3.94. The molecule has 1 fully saturated rings. The number of rotatable bonds is 7. The summed E-state index contributed by atoms with van der Waals surface area (Å²) < 4.78 is 26.5. The predicted molar refractivity (Wildman–Crippen MR) is 84.5 cm³/mol. The Labute approximate surface area is 127 Å². The van der Waals surface area contributed by atoms with E-state index in [9.17, 15) is 13.5 Å². The average Bonchev–Trinajstić information content (AvgIpc) is 2.53. The van der Waals surface area contributed by atoms with Gasteiger partial charge in [-0.2, -0.15) is 0 Å². The van der Waals surface area contributed by atoms with Gasteiger partial charge in [-0.3, -0.25) is 0 Å². The molecule has 0 amide bonds. The molecule has 4 nitrogen and oxygen atoms in total. The highest BCUT2D eigenvalue weighted by molar-refractivity contribution is 7.89. The van der Waals surface area contributed by atoms with Crippen molar-refractivity contribution in [1.29, 1.82) is 0 Å². The summed E-state index contributed by atoms with van der Waals surface area (Å²) in [4.78, 5) is 0. The van der Waals surface area contributed by atoms with Gasteiger partial charge in [0, 0.05) is 6.54 Å². The molecule has 1 aromatic carbocycles. The predicted octanol–water partition coefficient (Wildman–Crippen LogP) is 2.09. The van der Waals surface area contributed by atoms with Crippen LogP contribution in [0.3, 0.4) is 0 Å². The van der Waals surface area contributed by atoms with E-state index < -0.39 is 16.1 Å². The van der Waals surface area contributed by atoms with E-state index in [1.165, 1.54) is 6.42 Å². The Bertz CT molecular complexity index is 510. The number of benzene rings is 1. The standard InChI is InChI=1S/C16H25NO3S/c18-16(15-9-5-2-6-10-15)13-17-21(19,20)12-11-14-7-3-1-4-8-14/h1,3-4,7-8,15-18H,2,5-6,9-13H2/t16-/m1/s1. The number of sulfonamides is 1. The monoisotopic (exact) mass is 311 g/mol. The number of hydrogen-bond donors (Lipinski definition) is 2. The summed E-state index contributed by atoms with van der Waals surface area (Å²) in [6, 6.07) is 9.57. The van der Waals surface area contributed by atoms with Crippen molar-refractivity contribution in [3.8, 4) is 0 Å². The van der Waals surface area contributed by atoms with E-state index >= 15 is 0 Å². The van der Waals surface area contributed by atoms with Gasteiger partial charge in [0.25, 0.3) is 0 Å². The Morgan fingerprint density at radius 1 is 1.14 bits per heavy atom. The maximum Gasteiger partial charge on any atom is 0.212 e. The zero-order valence-corrected chi connectivity index (χ0v) is 13.2. The summed E-state index contributed by atoms with van der Waals surface area (Å²) in [6.07, 6.45) is 5.46. The van der Waals surface area contributed by atoms with Crippen LogP contribution in [0.25, 0.3) is 0 Å². The quantitative estimate of drug-likeness (QED) is 0.810. The Balaban J connectivity index is 1.75. The van der Waals surface area contributed by atoms with Crippen LogP contribution in [0, 0.1) is 5.92 Å². The van der Waals surface area contributed by atoms with Gasteiger partial charge in [-0.25, -0.2) is 13.1 Å². The molecule has 1 atom stereocenters. The summed E-state index contributed by atoms with van der Waals surface area (Å²) in [5, 5.41) is 10.1. The fraction of sp³-hybridized carbons (Fsp3) is 0.625. The summed E-state index contributed by atoms with van der Waals surface area (Å²) in [6.45, 7) is 0.141. The lowest BCUT2D eigenvalue weighted by molar-refractivity contribution is 0.0888. The number of aliphatic hydroxyl groups is 1. The van der Waals surface area contributed by atoms with Crippen LogP contribution in [-0.4, -0.2) is 31.9 Å². The SMILES string of the molecule is O=S(=O)(CCc1ccccc1)NC[C@@H](O)C1CCCCC1. The van der Waals surface area contributed by atoms with Crippen molar-refractivity contribution in [1.82, 2.24) is 4.72 Å². The molecule has 0 aromatic heterocycles. The van der Waals surface area contributed by atoms with Gasteiger partial charge in [-0.1, -0.05) is 49.6 Å². The zero-order chi connectivity index (χ0) is 15.1.